The van der Waals surface area contributed by atoms with Crippen LogP contribution in [0.25, 0.3) is 10.2 Å². The first-order valence-corrected chi connectivity index (χ1v) is 8.69. The molecule has 20 heavy (non-hydrogen) atoms. The second kappa shape index (κ2) is 5.59. The fraction of sp³-hybridized carbons (Fsp3) is 0.0769. The lowest BCUT2D eigenvalue weighted by Crippen LogP contribution is -1.97. The van der Waals surface area contributed by atoms with Crippen molar-refractivity contribution in [2.24, 2.45) is 0 Å². The molecule has 102 valence electrons. The third-order valence-electron chi connectivity index (χ3n) is 2.66. The van der Waals surface area contributed by atoms with Gasteiger partial charge in [-0.3, -0.25) is 9.19 Å². The molecule has 0 saturated heterocycles. The topological polar surface area (TPSA) is 68.9 Å². The van der Waals surface area contributed by atoms with Crippen molar-refractivity contribution in [3.05, 3.63) is 46.7 Å². The van der Waals surface area contributed by atoms with E-state index in [0.29, 0.717) is 15.8 Å². The lowest BCUT2D eigenvalue weighted by atomic mass is 10.3. The number of hydrogen-bond donors (Lipinski definition) is 1. The summed E-state index contributed by atoms with van der Waals surface area (Å²) >= 11 is 4.74. The van der Waals surface area contributed by atoms with Gasteiger partial charge >= 0.3 is 0 Å². The molecule has 0 bridgehead atoms. The SMILES string of the molecule is Nc1ccc2nc(S(=O)Cc3ccc(Br)cn3)sc2c1. The minimum atomic E-state index is -1.19. The van der Waals surface area contributed by atoms with E-state index in [4.69, 9.17) is 5.73 Å². The van der Waals surface area contributed by atoms with E-state index in [0.717, 1.165) is 20.4 Å². The molecule has 0 saturated carbocycles. The third-order valence-corrected chi connectivity index (χ3v) is 5.78. The van der Waals surface area contributed by atoms with Gasteiger partial charge < -0.3 is 5.73 Å². The van der Waals surface area contributed by atoms with Crippen molar-refractivity contribution in [1.82, 2.24) is 9.97 Å². The number of benzene rings is 1. The van der Waals surface area contributed by atoms with Gasteiger partial charge in [0.05, 0.1) is 32.5 Å². The number of halogens is 1. The summed E-state index contributed by atoms with van der Waals surface area (Å²) in [7, 11) is -1.19. The first kappa shape index (κ1) is 13.7. The number of anilines is 1. The fourth-order valence-corrected chi connectivity index (χ4v) is 4.27. The van der Waals surface area contributed by atoms with E-state index in [1.807, 2.05) is 24.3 Å². The zero-order valence-electron chi connectivity index (χ0n) is 10.2. The van der Waals surface area contributed by atoms with E-state index < -0.39 is 10.8 Å². The molecule has 1 aromatic carbocycles. The van der Waals surface area contributed by atoms with Crippen LogP contribution in [0.4, 0.5) is 5.69 Å². The van der Waals surface area contributed by atoms with Crippen molar-refractivity contribution in [2.45, 2.75) is 10.1 Å². The van der Waals surface area contributed by atoms with Crippen LogP contribution in [0.2, 0.25) is 0 Å². The van der Waals surface area contributed by atoms with E-state index in [9.17, 15) is 4.21 Å². The molecule has 0 amide bonds. The summed E-state index contributed by atoms with van der Waals surface area (Å²) in [5.74, 6) is 0.364. The van der Waals surface area contributed by atoms with Crippen LogP contribution in [0.15, 0.2) is 45.3 Å². The number of aromatic nitrogens is 2. The lowest BCUT2D eigenvalue weighted by molar-refractivity contribution is 0.681. The molecule has 0 aliphatic rings. The van der Waals surface area contributed by atoms with Crippen LogP contribution in [-0.4, -0.2) is 14.2 Å². The number of nitrogens with two attached hydrogens (primary N) is 1. The number of nitrogen functional groups attached to an aromatic ring is 1. The minimum Gasteiger partial charge on any atom is -0.399 e. The Hall–Kier alpha value is -1.31. The Kier molecular flexibility index (Phi) is 3.82. The highest BCUT2D eigenvalue weighted by molar-refractivity contribution is 9.10. The van der Waals surface area contributed by atoms with Gasteiger partial charge in [-0.2, -0.15) is 0 Å². The molecule has 0 spiro atoms. The summed E-state index contributed by atoms with van der Waals surface area (Å²) in [6.45, 7) is 0. The third kappa shape index (κ3) is 2.89. The zero-order valence-corrected chi connectivity index (χ0v) is 13.5. The van der Waals surface area contributed by atoms with Crippen LogP contribution in [0.3, 0.4) is 0 Å². The van der Waals surface area contributed by atoms with E-state index in [1.165, 1.54) is 11.3 Å². The summed E-state index contributed by atoms with van der Waals surface area (Å²) in [6, 6.07) is 9.24. The molecule has 0 fully saturated rings. The van der Waals surface area contributed by atoms with Crippen LogP contribution < -0.4 is 5.73 Å². The Balaban J connectivity index is 1.86. The Bertz CT molecular complexity index is 786. The van der Waals surface area contributed by atoms with Gasteiger partial charge in [0, 0.05) is 16.4 Å². The summed E-state index contributed by atoms with van der Waals surface area (Å²) in [5, 5.41) is 0. The van der Waals surface area contributed by atoms with Crippen molar-refractivity contribution >= 4 is 54.0 Å². The van der Waals surface area contributed by atoms with Gasteiger partial charge in [-0.25, -0.2) is 4.98 Å². The molecule has 7 heteroatoms. The summed E-state index contributed by atoms with van der Waals surface area (Å²) in [6.07, 6.45) is 1.70. The second-order valence-electron chi connectivity index (χ2n) is 4.16. The van der Waals surface area contributed by atoms with Crippen LogP contribution in [-0.2, 0) is 16.6 Å². The first-order chi connectivity index (χ1) is 9.61. The quantitative estimate of drug-likeness (QED) is 0.720. The average molecular weight is 368 g/mol. The van der Waals surface area contributed by atoms with E-state index >= 15 is 0 Å². The standard InChI is InChI=1S/C13H10BrN3OS2/c14-8-1-3-10(16-6-8)7-20(18)13-17-11-4-2-9(15)5-12(11)19-13/h1-6H,7,15H2. The molecule has 0 aliphatic carbocycles. The average Bonchev–Trinajstić information content (AvgIpc) is 2.84. The molecule has 2 heterocycles. The first-order valence-electron chi connectivity index (χ1n) is 5.77. The van der Waals surface area contributed by atoms with E-state index in [1.54, 1.807) is 12.3 Å². The Labute approximate surface area is 130 Å². The van der Waals surface area contributed by atoms with E-state index in [2.05, 4.69) is 25.9 Å². The summed E-state index contributed by atoms with van der Waals surface area (Å²) in [4.78, 5) is 8.62. The number of nitrogens with zero attached hydrogens (tertiary/aromatic N) is 2. The molecule has 3 aromatic rings. The fourth-order valence-electron chi connectivity index (χ4n) is 1.71. The van der Waals surface area contributed by atoms with Gasteiger partial charge in [-0.15, -0.1) is 11.3 Å². The maximum atomic E-state index is 12.3. The molecule has 3 rings (SSSR count). The maximum absolute atomic E-state index is 12.3. The van der Waals surface area contributed by atoms with Crippen molar-refractivity contribution in [2.75, 3.05) is 5.73 Å². The van der Waals surface area contributed by atoms with Gasteiger partial charge in [0.25, 0.3) is 0 Å². The molecule has 0 radical (unpaired) electrons. The number of rotatable bonds is 3. The monoisotopic (exact) mass is 367 g/mol. The lowest BCUT2D eigenvalue weighted by Gasteiger charge is -1.98. The van der Waals surface area contributed by atoms with Crippen molar-refractivity contribution in [3.8, 4) is 0 Å². The summed E-state index contributed by atoms with van der Waals surface area (Å²) in [5.41, 5.74) is 8.04. The van der Waals surface area contributed by atoms with Gasteiger partial charge in [-0.05, 0) is 46.3 Å². The number of fused-ring (bicyclic) bond motifs is 1. The maximum Gasteiger partial charge on any atom is 0.182 e. The molecule has 1 unspecified atom stereocenters. The highest BCUT2D eigenvalue weighted by atomic mass is 79.9. The largest absolute Gasteiger partial charge is 0.399 e. The number of hydrogen-bond acceptors (Lipinski definition) is 5. The molecule has 2 aromatic heterocycles. The predicted octanol–water partition coefficient (Wildman–Crippen LogP) is 3.34. The van der Waals surface area contributed by atoms with Crippen molar-refractivity contribution in [3.63, 3.8) is 0 Å². The van der Waals surface area contributed by atoms with Crippen molar-refractivity contribution < 1.29 is 4.21 Å². The number of thiazole rings is 1. The highest BCUT2D eigenvalue weighted by Crippen LogP contribution is 2.27. The molecular weight excluding hydrogens is 358 g/mol. The molecule has 4 nitrogen and oxygen atoms in total. The normalized spacial score (nSPS) is 12.7. The Morgan fingerprint density at radius 1 is 1.30 bits per heavy atom. The van der Waals surface area contributed by atoms with E-state index in [-0.39, 0.29) is 0 Å². The van der Waals surface area contributed by atoms with Gasteiger partial charge in [0.1, 0.15) is 0 Å². The molecule has 1 atom stereocenters. The predicted molar refractivity (Wildman–Crippen MR) is 86.1 cm³/mol. The molecular formula is C13H10BrN3OS2. The van der Waals surface area contributed by atoms with Crippen LogP contribution >= 0.6 is 27.3 Å². The smallest absolute Gasteiger partial charge is 0.182 e. The van der Waals surface area contributed by atoms with Crippen LogP contribution in [0.5, 0.6) is 0 Å². The van der Waals surface area contributed by atoms with Gasteiger partial charge in [-0.1, -0.05) is 0 Å². The molecule has 2 N–H and O–H groups in total. The number of pyridine rings is 1. The van der Waals surface area contributed by atoms with Gasteiger partial charge in [0.15, 0.2) is 4.34 Å². The second-order valence-corrected chi connectivity index (χ2v) is 7.74. The van der Waals surface area contributed by atoms with Gasteiger partial charge in [0.2, 0.25) is 0 Å². The summed E-state index contributed by atoms with van der Waals surface area (Å²) < 4.78 is 14.8. The zero-order chi connectivity index (χ0) is 14.1. The van der Waals surface area contributed by atoms with Crippen molar-refractivity contribution in [1.29, 1.82) is 0 Å². The van der Waals surface area contributed by atoms with Crippen LogP contribution in [0.1, 0.15) is 5.69 Å². The molecule has 0 aliphatic heterocycles. The highest BCUT2D eigenvalue weighted by Gasteiger charge is 2.12. The van der Waals surface area contributed by atoms with Crippen LogP contribution in [0, 0.1) is 0 Å². The minimum absolute atomic E-state index is 0.364. The Morgan fingerprint density at radius 2 is 2.15 bits per heavy atom. The Morgan fingerprint density at radius 3 is 2.90 bits per heavy atom.